The molecule has 0 bridgehead atoms. The van der Waals surface area contributed by atoms with Crippen LogP contribution in [0.25, 0.3) is 16.9 Å². The van der Waals surface area contributed by atoms with E-state index in [1.807, 2.05) is 49.3 Å². The summed E-state index contributed by atoms with van der Waals surface area (Å²) >= 11 is 0. The van der Waals surface area contributed by atoms with Crippen LogP contribution in [-0.4, -0.2) is 101 Å². The molecule has 1 saturated carbocycles. The van der Waals surface area contributed by atoms with E-state index in [2.05, 4.69) is 16.8 Å². The molecule has 1 saturated heterocycles. The van der Waals surface area contributed by atoms with Gasteiger partial charge in [-0.25, -0.2) is 0 Å². The third-order valence-corrected chi connectivity index (χ3v) is 9.79. The summed E-state index contributed by atoms with van der Waals surface area (Å²) in [5.74, 6) is -6.36. The Morgan fingerprint density at radius 2 is 1.70 bits per heavy atom. The maximum Gasteiger partial charge on any atom is 0.255 e. The fraction of sp³-hybridized carbons (Fsp3) is 0.424. The first-order valence-electron chi connectivity index (χ1n) is 14.9. The minimum Gasteiger partial charge on any atom is -0.508 e. The van der Waals surface area contributed by atoms with Crippen molar-refractivity contribution >= 4 is 28.9 Å². The van der Waals surface area contributed by atoms with Gasteiger partial charge in [0.2, 0.25) is 5.78 Å². The lowest BCUT2D eigenvalue weighted by Gasteiger charge is -2.46. The van der Waals surface area contributed by atoms with Crippen LogP contribution < -0.4 is 10.6 Å². The highest BCUT2D eigenvalue weighted by Crippen LogP contribution is 2.54. The number of amides is 1. The first-order valence-corrected chi connectivity index (χ1v) is 14.9. The number of phenols is 1. The number of carbonyl (C=O) groups is 3. The number of aliphatic hydroxyl groups is 3. The van der Waals surface area contributed by atoms with E-state index < -0.39 is 52.0 Å². The van der Waals surface area contributed by atoms with Gasteiger partial charge in [0, 0.05) is 76.0 Å². The SMILES string of the molecule is CN1CCN(Cc2ccc(-c3cc(N(C)C)c4c(c3O)C(O)=C3C(=O)C5(O)C(O)=C(C(N)=O)C(=O)CC5CC3C4)cc2)CC1. The minimum atomic E-state index is -2.59. The van der Waals surface area contributed by atoms with Gasteiger partial charge in [-0.3, -0.25) is 19.3 Å². The van der Waals surface area contributed by atoms with Gasteiger partial charge < -0.3 is 36.0 Å². The summed E-state index contributed by atoms with van der Waals surface area (Å²) in [4.78, 5) is 45.0. The van der Waals surface area contributed by atoms with E-state index >= 15 is 0 Å². The first-order chi connectivity index (χ1) is 20.8. The van der Waals surface area contributed by atoms with Gasteiger partial charge in [0.05, 0.1) is 5.56 Å². The largest absolute Gasteiger partial charge is 0.508 e. The number of Topliss-reactive ketones (excluding diaryl/α,β-unsaturated/α-hetero) is 2. The quantitative estimate of drug-likeness (QED) is 0.319. The van der Waals surface area contributed by atoms with Gasteiger partial charge in [-0.15, -0.1) is 0 Å². The van der Waals surface area contributed by atoms with Crippen molar-refractivity contribution < 1.29 is 34.8 Å². The smallest absolute Gasteiger partial charge is 0.255 e. The van der Waals surface area contributed by atoms with Gasteiger partial charge in [-0.2, -0.15) is 0 Å². The fourth-order valence-corrected chi connectivity index (χ4v) is 7.34. The molecule has 2 aromatic carbocycles. The number of rotatable bonds is 5. The van der Waals surface area contributed by atoms with E-state index in [1.165, 1.54) is 0 Å². The lowest BCUT2D eigenvalue weighted by molar-refractivity contribution is -0.147. The van der Waals surface area contributed by atoms with Gasteiger partial charge in [0.25, 0.3) is 5.91 Å². The molecule has 11 nitrogen and oxygen atoms in total. The monoisotopic (exact) mass is 602 g/mol. The number of hydrogen-bond donors (Lipinski definition) is 5. The van der Waals surface area contributed by atoms with Crippen molar-refractivity contribution in [2.24, 2.45) is 17.6 Å². The molecular weight excluding hydrogens is 564 g/mol. The number of phenolic OH excluding ortho intramolecular Hbond substituents is 1. The predicted octanol–water partition coefficient (Wildman–Crippen LogP) is 1.90. The van der Waals surface area contributed by atoms with Crippen LogP contribution >= 0.6 is 0 Å². The zero-order valence-electron chi connectivity index (χ0n) is 25.1. The summed E-state index contributed by atoms with van der Waals surface area (Å²) in [6.07, 6.45) is -0.00965. The molecule has 0 radical (unpaired) electrons. The average Bonchev–Trinajstić information content (AvgIpc) is 2.96. The van der Waals surface area contributed by atoms with E-state index in [1.54, 1.807) is 0 Å². The normalized spacial score (nSPS) is 25.9. The second-order valence-electron chi connectivity index (χ2n) is 12.7. The molecule has 11 heteroatoms. The van der Waals surface area contributed by atoms with Gasteiger partial charge in [-0.05, 0) is 48.6 Å². The molecule has 44 heavy (non-hydrogen) atoms. The van der Waals surface area contributed by atoms with Gasteiger partial charge in [0.1, 0.15) is 22.8 Å². The zero-order valence-corrected chi connectivity index (χ0v) is 25.1. The molecule has 3 atom stereocenters. The molecule has 1 aliphatic heterocycles. The number of carbonyl (C=O) groups excluding carboxylic acids is 3. The lowest BCUT2D eigenvalue weighted by Crippen LogP contribution is -2.58. The molecule has 1 amide bonds. The molecule has 3 aliphatic carbocycles. The summed E-state index contributed by atoms with van der Waals surface area (Å²) in [5, 5.41) is 45.6. The van der Waals surface area contributed by atoms with Crippen LogP contribution in [0.4, 0.5) is 5.69 Å². The molecule has 2 aromatic rings. The molecule has 4 aliphatic rings. The fourth-order valence-electron chi connectivity index (χ4n) is 7.34. The molecule has 6 rings (SSSR count). The Kier molecular flexibility index (Phi) is 7.30. The van der Waals surface area contributed by atoms with Crippen molar-refractivity contribution in [3.05, 3.63) is 63.9 Å². The number of fused-ring (bicyclic) bond motifs is 3. The van der Waals surface area contributed by atoms with Crippen LogP contribution in [-0.2, 0) is 27.3 Å². The van der Waals surface area contributed by atoms with E-state index in [9.17, 15) is 34.8 Å². The number of aromatic hydroxyl groups is 1. The number of piperazine rings is 1. The number of likely N-dealkylation sites (N-methyl/N-ethyl adjacent to an activating group) is 1. The topological polar surface area (TPSA) is 168 Å². The highest BCUT2D eigenvalue weighted by molar-refractivity contribution is 6.22. The lowest BCUT2D eigenvalue weighted by atomic mass is 9.59. The van der Waals surface area contributed by atoms with Crippen molar-refractivity contribution in [2.45, 2.75) is 31.4 Å². The van der Waals surface area contributed by atoms with E-state index in [0.717, 1.165) is 49.5 Å². The summed E-state index contributed by atoms with van der Waals surface area (Å²) < 4.78 is 0. The van der Waals surface area contributed by atoms with E-state index in [0.29, 0.717) is 11.1 Å². The number of primary amides is 1. The number of hydrogen-bond acceptors (Lipinski definition) is 10. The van der Waals surface area contributed by atoms with Crippen molar-refractivity contribution in [3.63, 3.8) is 0 Å². The van der Waals surface area contributed by atoms with Crippen LogP contribution in [0, 0.1) is 11.8 Å². The third kappa shape index (κ3) is 4.58. The Balaban J connectivity index is 1.42. The van der Waals surface area contributed by atoms with Crippen molar-refractivity contribution in [1.82, 2.24) is 9.80 Å². The maximum atomic E-state index is 13.9. The number of nitrogens with zero attached hydrogens (tertiary/aromatic N) is 3. The number of anilines is 1. The first kappa shape index (κ1) is 29.9. The second-order valence-corrected chi connectivity index (χ2v) is 12.7. The Bertz CT molecular complexity index is 1640. The molecular formula is C33H38N4O7. The molecule has 6 N–H and O–H groups in total. The average molecular weight is 603 g/mol. The molecule has 1 heterocycles. The van der Waals surface area contributed by atoms with E-state index in [-0.39, 0.29) is 36.1 Å². The van der Waals surface area contributed by atoms with Crippen molar-refractivity contribution in [1.29, 1.82) is 0 Å². The van der Waals surface area contributed by atoms with Crippen LogP contribution in [0.2, 0.25) is 0 Å². The molecule has 2 fully saturated rings. The van der Waals surface area contributed by atoms with Crippen LogP contribution in [0.1, 0.15) is 29.5 Å². The number of benzene rings is 2. The molecule has 0 spiro atoms. The van der Waals surface area contributed by atoms with Crippen LogP contribution in [0.5, 0.6) is 5.75 Å². The summed E-state index contributed by atoms with van der Waals surface area (Å²) in [6.45, 7) is 4.85. The predicted molar refractivity (Wildman–Crippen MR) is 164 cm³/mol. The summed E-state index contributed by atoms with van der Waals surface area (Å²) in [6, 6.07) is 9.75. The number of nitrogens with two attached hydrogens (primary N) is 1. The molecule has 0 aromatic heterocycles. The Labute approximate surface area is 255 Å². The maximum absolute atomic E-state index is 13.9. The standard InChI is InChI=1S/C33H38N4O7/c1-35(2)23-15-21(18-6-4-17(5-7-18)16-37-10-8-36(3)9-11-37)28(39)26-22(23)13-19-12-20-14-24(38)27(32(34)43)31(42)33(20,44)30(41)25(19)29(26)40/h4-7,15,19-20,39-40,42,44H,8-14,16H2,1-3H3,(H2,34,43). The van der Waals surface area contributed by atoms with Gasteiger partial charge >= 0.3 is 0 Å². The van der Waals surface area contributed by atoms with Crippen molar-refractivity contribution in [2.75, 3.05) is 52.2 Å². The Hall–Kier alpha value is -4.19. The molecule has 3 unspecified atom stereocenters. The van der Waals surface area contributed by atoms with Gasteiger partial charge in [0.15, 0.2) is 11.4 Å². The van der Waals surface area contributed by atoms with Crippen molar-refractivity contribution in [3.8, 4) is 16.9 Å². The second kappa shape index (κ2) is 10.8. The molecule has 232 valence electrons. The Morgan fingerprint density at radius 1 is 1.05 bits per heavy atom. The highest BCUT2D eigenvalue weighted by Gasteiger charge is 2.60. The van der Waals surface area contributed by atoms with Crippen LogP contribution in [0.3, 0.4) is 0 Å². The van der Waals surface area contributed by atoms with Gasteiger partial charge in [-0.1, -0.05) is 24.3 Å². The number of aliphatic hydroxyl groups excluding tert-OH is 2. The summed E-state index contributed by atoms with van der Waals surface area (Å²) in [7, 11) is 5.82. The summed E-state index contributed by atoms with van der Waals surface area (Å²) in [5.41, 5.74) is 5.53. The zero-order chi connectivity index (χ0) is 31.7. The van der Waals surface area contributed by atoms with Crippen LogP contribution in [0.15, 0.2) is 47.2 Å². The third-order valence-electron chi connectivity index (χ3n) is 9.79. The highest BCUT2D eigenvalue weighted by atomic mass is 16.3. The minimum absolute atomic E-state index is 0.0832. The number of ketones is 2. The Morgan fingerprint density at radius 3 is 2.32 bits per heavy atom. The van der Waals surface area contributed by atoms with E-state index in [4.69, 9.17) is 5.73 Å².